The average molecular weight is 359 g/mol. The molecule has 1 rings (SSSR count). The Hall–Kier alpha value is -0.890. The molecule has 0 aliphatic carbocycles. The molecule has 0 fully saturated rings. The van der Waals surface area contributed by atoms with Crippen molar-refractivity contribution in [2.75, 3.05) is 5.75 Å². The lowest BCUT2D eigenvalue weighted by molar-refractivity contribution is -0.134. The number of aromatic carboxylic acids is 1. The molecule has 19 heavy (non-hydrogen) atoms. The molecule has 0 aliphatic rings. The fraction of sp³-hybridized carbons (Fsp3) is 0.364. The minimum absolute atomic E-state index is 0.0679. The van der Waals surface area contributed by atoms with Crippen molar-refractivity contribution >= 4 is 32.7 Å². The molecule has 0 aromatic heterocycles. The zero-order chi connectivity index (χ0) is 14.6. The molecule has 1 atom stereocenters. The van der Waals surface area contributed by atoms with E-state index in [2.05, 4.69) is 15.9 Å². The first-order valence-electron chi connectivity index (χ1n) is 5.18. The van der Waals surface area contributed by atoms with Gasteiger partial charge in [-0.25, -0.2) is 4.79 Å². The van der Waals surface area contributed by atoms with Gasteiger partial charge in [0, 0.05) is 21.5 Å². The summed E-state index contributed by atoms with van der Waals surface area (Å²) in [6.45, 7) is 0. The van der Waals surface area contributed by atoms with Gasteiger partial charge in [-0.15, -0.1) is 0 Å². The van der Waals surface area contributed by atoms with Crippen LogP contribution in [0.3, 0.4) is 0 Å². The zero-order valence-corrected chi connectivity index (χ0v) is 11.9. The van der Waals surface area contributed by atoms with Gasteiger partial charge >= 0.3 is 12.1 Å². The molecule has 0 amide bonds. The third kappa shape index (κ3) is 5.32. The second-order valence-corrected chi connectivity index (χ2v) is 6.14. The van der Waals surface area contributed by atoms with Gasteiger partial charge in [-0.05, 0) is 40.5 Å². The summed E-state index contributed by atoms with van der Waals surface area (Å²) >= 11 is 3.03. The Labute approximate surface area is 118 Å². The van der Waals surface area contributed by atoms with Gasteiger partial charge in [-0.2, -0.15) is 13.2 Å². The van der Waals surface area contributed by atoms with E-state index >= 15 is 0 Å². The number of rotatable bonds is 5. The van der Waals surface area contributed by atoms with Gasteiger partial charge in [-0.1, -0.05) is 0 Å². The molecule has 106 valence electrons. The number of carboxylic acid groups (broad SMARTS) is 1. The maximum absolute atomic E-state index is 11.9. The van der Waals surface area contributed by atoms with E-state index in [0.29, 0.717) is 4.47 Å². The molecule has 1 unspecified atom stereocenters. The minimum atomic E-state index is -4.27. The van der Waals surface area contributed by atoms with Crippen LogP contribution >= 0.6 is 15.9 Å². The van der Waals surface area contributed by atoms with Crippen LogP contribution in [0.2, 0.25) is 0 Å². The smallest absolute Gasteiger partial charge is 0.389 e. The number of halogens is 4. The molecule has 0 saturated carbocycles. The van der Waals surface area contributed by atoms with E-state index < -0.39 is 29.4 Å². The van der Waals surface area contributed by atoms with Crippen LogP contribution in [-0.4, -0.2) is 27.2 Å². The Kier molecular flexibility index (Phi) is 5.54. The molecular formula is C11H10BrF3O3S. The maximum atomic E-state index is 11.9. The van der Waals surface area contributed by atoms with Gasteiger partial charge in [0.2, 0.25) is 0 Å². The Morgan fingerprint density at radius 3 is 2.53 bits per heavy atom. The van der Waals surface area contributed by atoms with Crippen LogP contribution in [0.5, 0.6) is 0 Å². The van der Waals surface area contributed by atoms with Crippen molar-refractivity contribution in [2.24, 2.45) is 0 Å². The van der Waals surface area contributed by atoms with E-state index in [9.17, 15) is 22.2 Å². The minimum Gasteiger partial charge on any atom is -0.478 e. The first kappa shape index (κ1) is 16.2. The predicted molar refractivity (Wildman–Crippen MR) is 67.7 cm³/mol. The first-order chi connectivity index (χ1) is 8.70. The Morgan fingerprint density at radius 2 is 2.00 bits per heavy atom. The lowest BCUT2D eigenvalue weighted by Crippen LogP contribution is -2.10. The fourth-order valence-corrected chi connectivity index (χ4v) is 2.86. The highest BCUT2D eigenvalue weighted by atomic mass is 79.9. The molecule has 0 saturated heterocycles. The van der Waals surface area contributed by atoms with Gasteiger partial charge in [-0.3, -0.25) is 4.21 Å². The predicted octanol–water partition coefficient (Wildman–Crippen LogP) is 3.60. The van der Waals surface area contributed by atoms with Crippen LogP contribution in [0, 0.1) is 0 Å². The Bertz CT molecular complexity index is 502. The van der Waals surface area contributed by atoms with Crippen LogP contribution in [-0.2, 0) is 10.8 Å². The van der Waals surface area contributed by atoms with E-state index in [4.69, 9.17) is 5.11 Å². The highest BCUT2D eigenvalue weighted by Gasteiger charge is 2.26. The highest BCUT2D eigenvalue weighted by molar-refractivity contribution is 9.10. The molecule has 3 nitrogen and oxygen atoms in total. The molecule has 0 bridgehead atoms. The van der Waals surface area contributed by atoms with E-state index in [-0.39, 0.29) is 22.6 Å². The van der Waals surface area contributed by atoms with Crippen LogP contribution in [0.25, 0.3) is 0 Å². The van der Waals surface area contributed by atoms with Crippen LogP contribution in [0.1, 0.15) is 23.2 Å². The molecule has 0 heterocycles. The SMILES string of the molecule is O=C(O)c1cc(S(=O)CCCC(F)(F)F)ccc1Br. The van der Waals surface area contributed by atoms with E-state index in [1.54, 1.807) is 0 Å². The molecule has 0 aliphatic heterocycles. The third-order valence-electron chi connectivity index (χ3n) is 2.22. The largest absolute Gasteiger partial charge is 0.478 e. The second-order valence-electron chi connectivity index (χ2n) is 3.72. The number of carbonyl (C=O) groups is 1. The topological polar surface area (TPSA) is 54.4 Å². The third-order valence-corrected chi connectivity index (χ3v) is 4.35. The van der Waals surface area contributed by atoms with E-state index in [0.717, 1.165) is 0 Å². The molecule has 0 spiro atoms. The summed E-state index contributed by atoms with van der Waals surface area (Å²) in [7, 11) is -1.64. The quantitative estimate of drug-likeness (QED) is 0.874. The number of carboxylic acids is 1. The summed E-state index contributed by atoms with van der Waals surface area (Å²) in [5.74, 6) is -1.35. The molecule has 1 N–H and O–H groups in total. The molecule has 1 aromatic rings. The highest BCUT2D eigenvalue weighted by Crippen LogP contribution is 2.23. The van der Waals surface area contributed by atoms with Crippen molar-refractivity contribution in [1.82, 2.24) is 0 Å². The van der Waals surface area contributed by atoms with Crippen LogP contribution in [0.4, 0.5) is 13.2 Å². The summed E-state index contributed by atoms with van der Waals surface area (Å²) in [5, 5.41) is 8.88. The van der Waals surface area contributed by atoms with Crippen molar-refractivity contribution in [2.45, 2.75) is 23.9 Å². The van der Waals surface area contributed by atoms with Gasteiger partial charge in [0.25, 0.3) is 0 Å². The van der Waals surface area contributed by atoms with Crippen molar-refractivity contribution in [1.29, 1.82) is 0 Å². The number of alkyl halides is 3. The standard InChI is InChI=1S/C11H10BrF3O3S/c12-9-3-2-7(6-8(9)10(16)17)19(18)5-1-4-11(13,14)15/h2-3,6H,1,4-5H2,(H,16,17). The Balaban J connectivity index is 2.73. The molecular weight excluding hydrogens is 349 g/mol. The number of hydrogen-bond donors (Lipinski definition) is 1. The van der Waals surface area contributed by atoms with Crippen molar-refractivity contribution in [3.05, 3.63) is 28.2 Å². The second kappa shape index (κ2) is 6.51. The number of benzene rings is 1. The average Bonchev–Trinajstić information content (AvgIpc) is 2.27. The van der Waals surface area contributed by atoms with Crippen molar-refractivity contribution < 1.29 is 27.3 Å². The molecule has 8 heteroatoms. The fourth-order valence-electron chi connectivity index (χ4n) is 1.33. The summed E-state index contributed by atoms with van der Waals surface area (Å²) in [5.41, 5.74) is -0.0679. The maximum Gasteiger partial charge on any atom is 0.389 e. The van der Waals surface area contributed by atoms with Gasteiger partial charge in [0.05, 0.1) is 16.4 Å². The zero-order valence-electron chi connectivity index (χ0n) is 9.54. The summed E-state index contributed by atoms with van der Waals surface area (Å²) in [6.07, 6.45) is -5.52. The lowest BCUT2D eigenvalue weighted by atomic mass is 10.2. The Morgan fingerprint density at radius 1 is 1.37 bits per heavy atom. The summed E-state index contributed by atoms with van der Waals surface area (Å²) in [6, 6.07) is 4.05. The number of hydrogen-bond acceptors (Lipinski definition) is 2. The van der Waals surface area contributed by atoms with E-state index in [1.165, 1.54) is 18.2 Å². The normalized spacial score (nSPS) is 13.3. The van der Waals surface area contributed by atoms with E-state index in [1.807, 2.05) is 0 Å². The first-order valence-corrected chi connectivity index (χ1v) is 7.30. The monoisotopic (exact) mass is 358 g/mol. The van der Waals surface area contributed by atoms with Crippen LogP contribution in [0.15, 0.2) is 27.6 Å². The van der Waals surface area contributed by atoms with Gasteiger partial charge in [0.15, 0.2) is 0 Å². The van der Waals surface area contributed by atoms with Gasteiger partial charge < -0.3 is 5.11 Å². The van der Waals surface area contributed by atoms with Crippen molar-refractivity contribution in [3.63, 3.8) is 0 Å². The van der Waals surface area contributed by atoms with Crippen molar-refractivity contribution in [3.8, 4) is 0 Å². The summed E-state index contributed by atoms with van der Waals surface area (Å²) in [4.78, 5) is 11.1. The molecule has 1 aromatic carbocycles. The van der Waals surface area contributed by atoms with Crippen LogP contribution < -0.4 is 0 Å². The van der Waals surface area contributed by atoms with Gasteiger partial charge in [0.1, 0.15) is 0 Å². The summed E-state index contributed by atoms with van der Waals surface area (Å²) < 4.78 is 47.9. The molecule has 0 radical (unpaired) electrons. The lowest BCUT2D eigenvalue weighted by Gasteiger charge is -2.07.